The Labute approximate surface area is 171 Å². The van der Waals surface area contributed by atoms with Gasteiger partial charge >= 0.3 is 5.97 Å². The summed E-state index contributed by atoms with van der Waals surface area (Å²) in [5.41, 5.74) is 2.33. The van der Waals surface area contributed by atoms with Crippen LogP contribution in [0.1, 0.15) is 10.4 Å². The molecule has 0 radical (unpaired) electrons. The minimum atomic E-state index is -1.04. The van der Waals surface area contributed by atoms with Crippen molar-refractivity contribution in [3.63, 3.8) is 0 Å². The maximum Gasteiger partial charge on any atom is 0.335 e. The van der Waals surface area contributed by atoms with Gasteiger partial charge in [-0.2, -0.15) is 0 Å². The summed E-state index contributed by atoms with van der Waals surface area (Å²) >= 11 is 0. The Balaban J connectivity index is 2.09. The number of fused-ring (bicyclic) bond motifs is 1. The summed E-state index contributed by atoms with van der Waals surface area (Å²) in [4.78, 5) is 29.6. The number of rotatable bonds is 5. The lowest BCUT2D eigenvalue weighted by Gasteiger charge is -2.15. The van der Waals surface area contributed by atoms with Gasteiger partial charge in [0.2, 0.25) is 5.88 Å². The highest BCUT2D eigenvalue weighted by atomic mass is 16.5. The number of hydrogen-bond acceptors (Lipinski definition) is 5. The van der Waals surface area contributed by atoms with Gasteiger partial charge in [0.15, 0.2) is 0 Å². The quantitative estimate of drug-likeness (QED) is 0.547. The van der Waals surface area contributed by atoms with Gasteiger partial charge in [0.1, 0.15) is 11.4 Å². The first kappa shape index (κ1) is 19.2. The Morgan fingerprint density at radius 3 is 2.23 bits per heavy atom. The van der Waals surface area contributed by atoms with Gasteiger partial charge in [-0.1, -0.05) is 42.5 Å². The molecular weight excluding hydrogens is 384 g/mol. The largest absolute Gasteiger partial charge is 0.496 e. The summed E-state index contributed by atoms with van der Waals surface area (Å²) in [6, 6.07) is 18.7. The van der Waals surface area contributed by atoms with Crippen molar-refractivity contribution in [1.29, 1.82) is 0 Å². The van der Waals surface area contributed by atoms with Crippen molar-refractivity contribution in [2.24, 2.45) is 0 Å². The Morgan fingerprint density at radius 1 is 0.933 bits per heavy atom. The normalized spacial score (nSPS) is 10.7. The Hall–Kier alpha value is -4.13. The molecule has 4 aromatic rings. The zero-order chi connectivity index (χ0) is 21.3. The van der Waals surface area contributed by atoms with Crippen LogP contribution in [0.5, 0.6) is 11.6 Å². The van der Waals surface area contributed by atoms with Gasteiger partial charge in [-0.3, -0.25) is 4.79 Å². The van der Waals surface area contributed by atoms with Crippen molar-refractivity contribution in [3.8, 4) is 34.0 Å². The third-order valence-corrected chi connectivity index (χ3v) is 4.78. The molecule has 2 heterocycles. The van der Waals surface area contributed by atoms with Crippen LogP contribution in [0.4, 0.5) is 0 Å². The van der Waals surface area contributed by atoms with Gasteiger partial charge in [-0.15, -0.1) is 0 Å². The minimum Gasteiger partial charge on any atom is -0.496 e. The highest BCUT2D eigenvalue weighted by molar-refractivity contribution is 5.89. The Morgan fingerprint density at radius 2 is 1.63 bits per heavy atom. The third-order valence-electron chi connectivity index (χ3n) is 4.78. The smallest absolute Gasteiger partial charge is 0.335 e. The van der Waals surface area contributed by atoms with Crippen LogP contribution in [0, 0.1) is 0 Å². The number of methoxy groups -OCH3 is 2. The fourth-order valence-corrected chi connectivity index (χ4v) is 3.32. The first-order valence-electron chi connectivity index (χ1n) is 9.11. The standard InChI is InChI=1S/C23H18N2O5/c1-29-17-12-18-24-21(15-6-4-3-5-7-15)20(22(26)25(18)19(13-17)30-2)14-8-10-16(11-9-14)23(27)28/h3-13H,1-2H3,(H,27,28). The predicted octanol–water partition coefficient (Wildman–Crippen LogP) is 3.74. The molecule has 7 nitrogen and oxygen atoms in total. The summed E-state index contributed by atoms with van der Waals surface area (Å²) in [6.45, 7) is 0. The molecule has 0 fully saturated rings. The molecule has 2 aromatic heterocycles. The number of benzene rings is 2. The Bertz CT molecular complexity index is 1300. The summed E-state index contributed by atoms with van der Waals surface area (Å²) in [5, 5.41) is 9.19. The fraction of sp³-hybridized carbons (Fsp3) is 0.0870. The molecule has 0 amide bonds. The molecule has 150 valence electrons. The molecule has 0 saturated carbocycles. The average Bonchev–Trinajstić information content (AvgIpc) is 2.78. The predicted molar refractivity (Wildman–Crippen MR) is 112 cm³/mol. The van der Waals surface area contributed by atoms with E-state index >= 15 is 0 Å². The van der Waals surface area contributed by atoms with E-state index in [1.54, 1.807) is 24.3 Å². The molecule has 2 aromatic carbocycles. The molecule has 0 saturated heterocycles. The Kier molecular flexibility index (Phi) is 4.93. The van der Waals surface area contributed by atoms with E-state index in [0.717, 1.165) is 5.56 Å². The van der Waals surface area contributed by atoms with E-state index in [1.165, 1.54) is 30.8 Å². The monoisotopic (exact) mass is 402 g/mol. The molecule has 1 N–H and O–H groups in total. The molecule has 7 heteroatoms. The minimum absolute atomic E-state index is 0.135. The summed E-state index contributed by atoms with van der Waals surface area (Å²) < 4.78 is 12.1. The number of aromatic carboxylic acids is 1. The molecule has 0 atom stereocenters. The second-order valence-electron chi connectivity index (χ2n) is 6.52. The van der Waals surface area contributed by atoms with Crippen LogP contribution in [0.2, 0.25) is 0 Å². The lowest BCUT2D eigenvalue weighted by Crippen LogP contribution is -2.20. The van der Waals surface area contributed by atoms with Crippen molar-refractivity contribution < 1.29 is 19.4 Å². The number of carbonyl (C=O) groups is 1. The van der Waals surface area contributed by atoms with Crippen molar-refractivity contribution in [1.82, 2.24) is 9.38 Å². The van der Waals surface area contributed by atoms with Crippen molar-refractivity contribution in [2.75, 3.05) is 14.2 Å². The van der Waals surface area contributed by atoms with Crippen molar-refractivity contribution in [3.05, 3.63) is 82.6 Å². The second kappa shape index (κ2) is 7.71. The van der Waals surface area contributed by atoms with E-state index in [9.17, 15) is 14.7 Å². The first-order valence-corrected chi connectivity index (χ1v) is 9.11. The van der Waals surface area contributed by atoms with Crippen LogP contribution < -0.4 is 15.0 Å². The van der Waals surface area contributed by atoms with Crippen LogP contribution >= 0.6 is 0 Å². The van der Waals surface area contributed by atoms with Crippen LogP contribution in [0.25, 0.3) is 28.0 Å². The van der Waals surface area contributed by atoms with Gasteiger partial charge in [-0.25, -0.2) is 14.2 Å². The average molecular weight is 402 g/mol. The lowest BCUT2D eigenvalue weighted by atomic mass is 9.99. The molecule has 0 unspecified atom stereocenters. The van der Waals surface area contributed by atoms with Gasteiger partial charge in [0.25, 0.3) is 5.56 Å². The third kappa shape index (κ3) is 3.26. The molecule has 0 bridgehead atoms. The molecule has 30 heavy (non-hydrogen) atoms. The molecule has 0 aliphatic carbocycles. The SMILES string of the molecule is COc1cc(OC)n2c(=O)c(-c3ccc(C(=O)O)cc3)c(-c3ccccc3)nc2c1. The summed E-state index contributed by atoms with van der Waals surface area (Å²) in [6.07, 6.45) is 0. The number of nitrogens with zero attached hydrogens (tertiary/aromatic N) is 2. The highest BCUT2D eigenvalue weighted by Gasteiger charge is 2.19. The molecule has 4 rings (SSSR count). The first-order chi connectivity index (χ1) is 14.5. The number of hydrogen-bond donors (Lipinski definition) is 1. The van der Waals surface area contributed by atoms with Gasteiger partial charge in [0.05, 0.1) is 31.0 Å². The van der Waals surface area contributed by atoms with Gasteiger partial charge < -0.3 is 14.6 Å². The van der Waals surface area contributed by atoms with Crippen LogP contribution in [0.15, 0.2) is 71.5 Å². The van der Waals surface area contributed by atoms with E-state index in [0.29, 0.717) is 28.2 Å². The lowest BCUT2D eigenvalue weighted by molar-refractivity contribution is 0.0697. The number of ether oxygens (including phenoxy) is 2. The van der Waals surface area contributed by atoms with Crippen LogP contribution in [-0.4, -0.2) is 34.7 Å². The number of pyridine rings is 1. The second-order valence-corrected chi connectivity index (χ2v) is 6.52. The highest BCUT2D eigenvalue weighted by Crippen LogP contribution is 2.31. The van der Waals surface area contributed by atoms with Crippen LogP contribution in [-0.2, 0) is 0 Å². The van der Waals surface area contributed by atoms with E-state index in [2.05, 4.69) is 0 Å². The molecule has 0 aliphatic rings. The van der Waals surface area contributed by atoms with E-state index in [1.807, 2.05) is 30.3 Å². The zero-order valence-corrected chi connectivity index (χ0v) is 16.3. The number of carboxylic acids is 1. The summed E-state index contributed by atoms with van der Waals surface area (Å²) in [5.74, 6) is -0.242. The zero-order valence-electron chi connectivity index (χ0n) is 16.3. The fourth-order valence-electron chi connectivity index (χ4n) is 3.32. The maximum atomic E-state index is 13.6. The topological polar surface area (TPSA) is 90.1 Å². The van der Waals surface area contributed by atoms with Crippen molar-refractivity contribution >= 4 is 11.6 Å². The van der Waals surface area contributed by atoms with E-state index in [4.69, 9.17) is 14.5 Å². The van der Waals surface area contributed by atoms with E-state index in [-0.39, 0.29) is 17.0 Å². The van der Waals surface area contributed by atoms with Crippen molar-refractivity contribution in [2.45, 2.75) is 0 Å². The van der Waals surface area contributed by atoms with Gasteiger partial charge in [-0.05, 0) is 17.7 Å². The maximum absolute atomic E-state index is 13.6. The molecular formula is C23H18N2O5. The van der Waals surface area contributed by atoms with E-state index < -0.39 is 5.97 Å². The number of carboxylic acid groups (broad SMARTS) is 1. The number of aromatic nitrogens is 2. The molecule has 0 spiro atoms. The van der Waals surface area contributed by atoms with Gasteiger partial charge in [0, 0.05) is 17.7 Å². The van der Waals surface area contributed by atoms with Crippen LogP contribution in [0.3, 0.4) is 0 Å². The molecule has 0 aliphatic heterocycles. The summed E-state index contributed by atoms with van der Waals surface area (Å²) in [7, 11) is 2.99.